The molecule has 7 heteroatoms. The van der Waals surface area contributed by atoms with E-state index >= 15 is 0 Å². The zero-order valence-corrected chi connectivity index (χ0v) is 22.2. The Morgan fingerprint density at radius 1 is 1.00 bits per heavy atom. The van der Waals surface area contributed by atoms with E-state index in [0.717, 1.165) is 21.8 Å². The van der Waals surface area contributed by atoms with Crippen LogP contribution in [-0.2, 0) is 17.6 Å². The van der Waals surface area contributed by atoms with Crippen LogP contribution in [0.15, 0.2) is 96.7 Å². The average Bonchev–Trinajstić information content (AvgIpc) is 3.30. The summed E-state index contributed by atoms with van der Waals surface area (Å²) in [5, 5.41) is 13.7. The van der Waals surface area contributed by atoms with Gasteiger partial charge in [0.2, 0.25) is 0 Å². The van der Waals surface area contributed by atoms with Crippen LogP contribution >= 0.6 is 11.3 Å². The second kappa shape index (κ2) is 12.8. The van der Waals surface area contributed by atoms with Gasteiger partial charge in [-0.3, -0.25) is 4.79 Å². The van der Waals surface area contributed by atoms with E-state index in [1.165, 1.54) is 11.0 Å². The van der Waals surface area contributed by atoms with Crippen molar-refractivity contribution in [2.45, 2.75) is 32.7 Å². The van der Waals surface area contributed by atoms with E-state index in [-0.39, 0.29) is 12.2 Å². The lowest BCUT2D eigenvalue weighted by molar-refractivity contribution is -0.139. The van der Waals surface area contributed by atoms with Gasteiger partial charge in [-0.15, -0.1) is 11.3 Å². The SMILES string of the molecule is C/C(=C/C(=O)c1ccccc1)NC(Cc1ccc(OCCc2nc(-c3ccccc3)sc2C)cc1)C(=O)O. The predicted octanol–water partition coefficient (Wildman–Crippen LogP) is 6.11. The third-order valence-corrected chi connectivity index (χ3v) is 7.05. The minimum Gasteiger partial charge on any atom is -0.493 e. The number of hydrogen-bond donors (Lipinski definition) is 2. The van der Waals surface area contributed by atoms with Crippen molar-refractivity contribution in [2.24, 2.45) is 0 Å². The highest BCUT2D eigenvalue weighted by Crippen LogP contribution is 2.27. The van der Waals surface area contributed by atoms with Crippen LogP contribution < -0.4 is 10.1 Å². The monoisotopic (exact) mass is 526 g/mol. The van der Waals surface area contributed by atoms with E-state index in [0.29, 0.717) is 30.0 Å². The Kier molecular flexibility index (Phi) is 9.06. The van der Waals surface area contributed by atoms with E-state index < -0.39 is 12.0 Å². The first kappa shape index (κ1) is 26.8. The molecule has 0 aliphatic heterocycles. The maximum atomic E-state index is 12.4. The topological polar surface area (TPSA) is 88.5 Å². The fraction of sp³-hybridized carbons (Fsp3) is 0.194. The summed E-state index contributed by atoms with van der Waals surface area (Å²) in [5.41, 5.74) is 4.06. The first-order valence-electron chi connectivity index (χ1n) is 12.4. The molecule has 1 atom stereocenters. The number of thiazole rings is 1. The molecule has 1 unspecified atom stereocenters. The number of carbonyl (C=O) groups excluding carboxylic acids is 1. The van der Waals surface area contributed by atoms with Crippen LogP contribution in [0.1, 0.15) is 33.4 Å². The third kappa shape index (κ3) is 7.40. The predicted molar refractivity (Wildman–Crippen MR) is 151 cm³/mol. The molecule has 4 aromatic rings. The van der Waals surface area contributed by atoms with Gasteiger partial charge in [-0.1, -0.05) is 72.8 Å². The van der Waals surface area contributed by atoms with E-state index in [9.17, 15) is 14.7 Å². The number of carboxylic acid groups (broad SMARTS) is 1. The van der Waals surface area contributed by atoms with E-state index in [2.05, 4.69) is 24.4 Å². The maximum Gasteiger partial charge on any atom is 0.326 e. The standard InChI is InChI=1S/C31H30N2O4S/c1-21(19-29(34)24-9-5-3-6-10-24)32-28(31(35)36)20-23-13-15-26(16-14-23)37-18-17-27-22(2)38-30(33-27)25-11-7-4-8-12-25/h3-16,19,28,32H,17-18,20H2,1-2H3,(H,35,36)/b21-19-. The molecule has 0 bridgehead atoms. The van der Waals surface area contributed by atoms with Crippen LogP contribution in [0.25, 0.3) is 10.6 Å². The summed E-state index contributed by atoms with van der Waals surface area (Å²) in [4.78, 5) is 30.2. The molecule has 3 aromatic carbocycles. The Morgan fingerprint density at radius 3 is 2.32 bits per heavy atom. The molecule has 38 heavy (non-hydrogen) atoms. The summed E-state index contributed by atoms with van der Waals surface area (Å²) in [7, 11) is 0. The lowest BCUT2D eigenvalue weighted by Crippen LogP contribution is -2.37. The number of carbonyl (C=O) groups is 2. The Balaban J connectivity index is 1.30. The normalized spacial score (nSPS) is 12.1. The summed E-state index contributed by atoms with van der Waals surface area (Å²) in [6.07, 6.45) is 2.39. The van der Waals surface area contributed by atoms with E-state index in [1.54, 1.807) is 42.5 Å². The van der Waals surface area contributed by atoms with Crippen molar-refractivity contribution in [2.75, 3.05) is 6.61 Å². The van der Waals surface area contributed by atoms with Gasteiger partial charge in [0.1, 0.15) is 16.8 Å². The number of allylic oxidation sites excluding steroid dienone is 2. The van der Waals surface area contributed by atoms with Gasteiger partial charge in [0.15, 0.2) is 5.78 Å². The smallest absolute Gasteiger partial charge is 0.326 e. The molecule has 2 N–H and O–H groups in total. The van der Waals surface area contributed by atoms with Crippen LogP contribution in [0.3, 0.4) is 0 Å². The fourth-order valence-corrected chi connectivity index (χ4v) is 4.95. The number of aromatic nitrogens is 1. The molecular formula is C31H30N2O4S. The zero-order valence-electron chi connectivity index (χ0n) is 21.4. The molecule has 4 rings (SSSR count). The molecule has 0 radical (unpaired) electrons. The van der Waals surface area contributed by atoms with Crippen molar-refractivity contribution < 1.29 is 19.4 Å². The second-order valence-electron chi connectivity index (χ2n) is 8.93. The Bertz CT molecular complexity index is 1400. The number of nitrogens with zero attached hydrogens (tertiary/aromatic N) is 1. The number of hydrogen-bond acceptors (Lipinski definition) is 6. The number of aryl methyl sites for hydroxylation is 1. The zero-order chi connectivity index (χ0) is 26.9. The number of nitrogens with one attached hydrogen (secondary N) is 1. The van der Waals surface area contributed by atoms with E-state index in [4.69, 9.17) is 9.72 Å². The van der Waals surface area contributed by atoms with Gasteiger partial charge < -0.3 is 15.2 Å². The number of ether oxygens (including phenoxy) is 1. The summed E-state index contributed by atoms with van der Waals surface area (Å²) < 4.78 is 5.92. The molecule has 0 saturated carbocycles. The largest absolute Gasteiger partial charge is 0.493 e. The third-order valence-electron chi connectivity index (χ3n) is 5.99. The summed E-state index contributed by atoms with van der Waals surface area (Å²) in [6.45, 7) is 4.27. The molecule has 0 spiro atoms. The Morgan fingerprint density at radius 2 is 1.66 bits per heavy atom. The lowest BCUT2D eigenvalue weighted by atomic mass is 10.1. The average molecular weight is 527 g/mol. The number of rotatable bonds is 12. The van der Waals surface area contributed by atoms with Crippen LogP contribution in [0, 0.1) is 6.92 Å². The van der Waals surface area contributed by atoms with Gasteiger partial charge in [-0.2, -0.15) is 0 Å². The Hall–Kier alpha value is -4.23. The molecule has 6 nitrogen and oxygen atoms in total. The van der Waals surface area contributed by atoms with Crippen LogP contribution in [0.2, 0.25) is 0 Å². The quantitative estimate of drug-likeness (QED) is 0.171. The molecule has 1 aromatic heterocycles. The number of aliphatic carboxylic acids is 1. The van der Waals surface area contributed by atoms with Gasteiger partial charge in [-0.05, 0) is 31.5 Å². The van der Waals surface area contributed by atoms with Crippen molar-refractivity contribution in [3.8, 4) is 16.3 Å². The summed E-state index contributed by atoms with van der Waals surface area (Å²) >= 11 is 1.69. The van der Waals surface area contributed by atoms with Crippen LogP contribution in [0.5, 0.6) is 5.75 Å². The maximum absolute atomic E-state index is 12.4. The van der Waals surface area contributed by atoms with Gasteiger partial charge in [-0.25, -0.2) is 9.78 Å². The highest BCUT2D eigenvalue weighted by atomic mass is 32.1. The van der Waals surface area contributed by atoms with Gasteiger partial charge in [0.05, 0.1) is 12.3 Å². The Labute approximate surface area is 226 Å². The molecule has 0 aliphatic carbocycles. The van der Waals surface area contributed by atoms with Crippen molar-refractivity contribution in [1.29, 1.82) is 0 Å². The van der Waals surface area contributed by atoms with Crippen molar-refractivity contribution in [3.63, 3.8) is 0 Å². The first-order chi connectivity index (χ1) is 18.4. The van der Waals surface area contributed by atoms with Crippen LogP contribution in [-0.4, -0.2) is 34.5 Å². The lowest BCUT2D eigenvalue weighted by Gasteiger charge is -2.16. The summed E-state index contributed by atoms with van der Waals surface area (Å²) in [5.74, 6) is -0.446. The molecule has 0 fully saturated rings. The van der Waals surface area contributed by atoms with E-state index in [1.807, 2.05) is 48.5 Å². The first-order valence-corrected chi connectivity index (χ1v) is 13.2. The van der Waals surface area contributed by atoms with Crippen LogP contribution in [0.4, 0.5) is 0 Å². The van der Waals surface area contributed by atoms with Gasteiger partial charge in [0.25, 0.3) is 0 Å². The van der Waals surface area contributed by atoms with Crippen molar-refractivity contribution in [3.05, 3.63) is 118 Å². The molecule has 1 heterocycles. The second-order valence-corrected chi connectivity index (χ2v) is 10.1. The van der Waals surface area contributed by atoms with Crippen molar-refractivity contribution >= 4 is 23.1 Å². The fourth-order valence-electron chi connectivity index (χ4n) is 3.99. The molecule has 0 amide bonds. The van der Waals surface area contributed by atoms with Gasteiger partial charge >= 0.3 is 5.97 Å². The number of ketones is 1. The number of benzene rings is 3. The molecule has 194 valence electrons. The number of carboxylic acids is 1. The summed E-state index contributed by atoms with van der Waals surface area (Å²) in [6, 6.07) is 25.6. The van der Waals surface area contributed by atoms with Crippen molar-refractivity contribution in [1.82, 2.24) is 10.3 Å². The minimum atomic E-state index is -0.987. The van der Waals surface area contributed by atoms with Gasteiger partial charge in [0, 0.05) is 40.6 Å². The highest BCUT2D eigenvalue weighted by Gasteiger charge is 2.18. The molecule has 0 aliphatic rings. The molecule has 0 saturated heterocycles. The molecular weight excluding hydrogens is 496 g/mol. The highest BCUT2D eigenvalue weighted by molar-refractivity contribution is 7.15. The minimum absolute atomic E-state index is 0.176.